The largest absolute Gasteiger partial charge is 0.478 e. The summed E-state index contributed by atoms with van der Waals surface area (Å²) in [5, 5.41) is 7.33. The van der Waals surface area contributed by atoms with Gasteiger partial charge in [0, 0.05) is 10.8 Å². The molecule has 0 fully saturated rings. The topological polar surface area (TPSA) is 48.2 Å². The minimum Gasteiger partial charge on any atom is -0.478 e. The van der Waals surface area contributed by atoms with Gasteiger partial charge in [0.05, 0.1) is 0 Å². The second-order valence-electron chi connectivity index (χ2n) is 5.64. The van der Waals surface area contributed by atoms with Gasteiger partial charge >= 0.3 is 0 Å². The van der Waals surface area contributed by atoms with E-state index in [1.807, 2.05) is 24.3 Å². The molecule has 1 aromatic heterocycles. The fraction of sp³-hybridized carbons (Fsp3) is 0.474. The van der Waals surface area contributed by atoms with Crippen LogP contribution in [0.4, 0.5) is 0 Å². The Morgan fingerprint density at radius 1 is 1.13 bits per heavy atom. The quantitative estimate of drug-likeness (QED) is 0.464. The average Bonchev–Trinajstić information content (AvgIpc) is 3.12. The Morgan fingerprint density at radius 2 is 1.87 bits per heavy atom. The van der Waals surface area contributed by atoms with Crippen molar-refractivity contribution in [2.75, 3.05) is 0 Å². The first-order valence-corrected chi connectivity index (χ1v) is 8.33. The molecule has 2 rings (SSSR count). The van der Waals surface area contributed by atoms with Crippen LogP contribution in [0.5, 0.6) is 5.75 Å². The molecule has 1 atom stereocenters. The average molecular weight is 312 g/mol. The summed E-state index contributed by atoms with van der Waals surface area (Å²) >= 11 is 0. The van der Waals surface area contributed by atoms with Gasteiger partial charge in [-0.2, -0.15) is 0 Å². The molecule has 122 valence electrons. The maximum absolute atomic E-state index is 5.87. The lowest BCUT2D eigenvalue weighted by molar-refractivity contribution is 0.242. The van der Waals surface area contributed by atoms with Crippen molar-refractivity contribution in [3.63, 3.8) is 0 Å². The van der Waals surface area contributed by atoms with Crippen LogP contribution in [0, 0.1) is 12.3 Å². The smallest absolute Gasteiger partial charge is 0.158 e. The minimum absolute atomic E-state index is 0.166. The maximum Gasteiger partial charge on any atom is 0.158 e. The molecule has 0 bridgehead atoms. The summed E-state index contributed by atoms with van der Waals surface area (Å²) in [4.78, 5) is 0. The van der Waals surface area contributed by atoms with Gasteiger partial charge < -0.3 is 9.26 Å². The van der Waals surface area contributed by atoms with Crippen molar-refractivity contribution in [2.45, 2.75) is 58.0 Å². The number of terminal acetylenes is 1. The van der Waals surface area contributed by atoms with Crippen molar-refractivity contribution in [2.24, 2.45) is 0 Å². The van der Waals surface area contributed by atoms with Crippen LogP contribution in [-0.4, -0.2) is 16.5 Å². The molecule has 0 aliphatic heterocycles. The van der Waals surface area contributed by atoms with Crippen LogP contribution in [0.1, 0.15) is 51.9 Å². The second-order valence-corrected chi connectivity index (χ2v) is 5.64. The zero-order chi connectivity index (χ0) is 16.3. The van der Waals surface area contributed by atoms with E-state index in [2.05, 4.69) is 23.2 Å². The van der Waals surface area contributed by atoms with E-state index in [1.54, 1.807) is 0 Å². The number of hydrogen-bond donors (Lipinski definition) is 0. The Kier molecular flexibility index (Phi) is 7.19. The highest BCUT2D eigenvalue weighted by atomic mass is 16.5. The first kappa shape index (κ1) is 17.1. The molecule has 0 saturated carbocycles. The number of hydrogen-bond acceptors (Lipinski definition) is 4. The van der Waals surface area contributed by atoms with E-state index in [4.69, 9.17) is 15.7 Å². The van der Waals surface area contributed by atoms with Crippen molar-refractivity contribution in [1.29, 1.82) is 0 Å². The third-order valence-electron chi connectivity index (χ3n) is 3.79. The standard InChI is InChI=1S/C19H24N2O2/c1-3-5-6-7-8-9-10-17(4-2)23-18-13-11-16(12-14-18)19-15-22-21-20-19/h2,11-15,17H,3,5-10H2,1H3. The SMILES string of the molecule is C#CC(CCCCCCCC)Oc1ccc(-c2conn2)cc1. The van der Waals surface area contributed by atoms with Crippen LogP contribution >= 0.6 is 0 Å². The van der Waals surface area contributed by atoms with E-state index in [9.17, 15) is 0 Å². The molecule has 0 aliphatic rings. The number of nitrogens with zero attached hydrogens (tertiary/aromatic N) is 2. The minimum atomic E-state index is -0.166. The third kappa shape index (κ3) is 5.78. The molecule has 0 amide bonds. The van der Waals surface area contributed by atoms with Gasteiger partial charge in [0.25, 0.3) is 0 Å². The lowest BCUT2D eigenvalue weighted by Gasteiger charge is -2.14. The predicted octanol–water partition coefficient (Wildman–Crippen LogP) is 4.87. The molecule has 23 heavy (non-hydrogen) atoms. The van der Waals surface area contributed by atoms with Gasteiger partial charge in [-0.25, -0.2) is 0 Å². The molecule has 0 aliphatic carbocycles. The van der Waals surface area contributed by atoms with Crippen molar-refractivity contribution in [3.8, 4) is 29.4 Å². The normalized spacial score (nSPS) is 11.8. The molecule has 1 aromatic carbocycles. The van der Waals surface area contributed by atoms with Gasteiger partial charge in [-0.1, -0.05) is 44.9 Å². The van der Waals surface area contributed by atoms with Gasteiger partial charge in [0.1, 0.15) is 11.4 Å². The number of aromatic nitrogens is 2. The fourth-order valence-corrected chi connectivity index (χ4v) is 2.45. The van der Waals surface area contributed by atoms with Crippen molar-refractivity contribution >= 4 is 0 Å². The van der Waals surface area contributed by atoms with Gasteiger partial charge in [0.15, 0.2) is 12.4 Å². The van der Waals surface area contributed by atoms with Crippen LogP contribution in [0.15, 0.2) is 35.1 Å². The Hall–Kier alpha value is -2.28. The molecule has 2 aromatic rings. The second kappa shape index (κ2) is 9.68. The highest BCUT2D eigenvalue weighted by Crippen LogP contribution is 2.21. The van der Waals surface area contributed by atoms with Crippen LogP contribution < -0.4 is 4.74 Å². The first-order valence-electron chi connectivity index (χ1n) is 8.33. The number of ether oxygens (including phenoxy) is 1. The molecule has 1 unspecified atom stereocenters. The zero-order valence-electron chi connectivity index (χ0n) is 13.7. The summed E-state index contributed by atoms with van der Waals surface area (Å²) in [6.07, 6.45) is 15.4. The molecule has 1 heterocycles. The third-order valence-corrected chi connectivity index (χ3v) is 3.79. The molecule has 0 radical (unpaired) electrons. The van der Waals surface area contributed by atoms with E-state index < -0.39 is 0 Å². The molecule has 4 heteroatoms. The summed E-state index contributed by atoms with van der Waals surface area (Å²) in [6, 6.07) is 7.64. The van der Waals surface area contributed by atoms with Gasteiger partial charge in [-0.15, -0.1) is 11.5 Å². The van der Waals surface area contributed by atoms with Gasteiger partial charge in [-0.05, 0) is 37.1 Å². The number of benzene rings is 1. The summed E-state index contributed by atoms with van der Waals surface area (Å²) in [5.41, 5.74) is 1.64. The lowest BCUT2D eigenvalue weighted by Crippen LogP contribution is -2.13. The van der Waals surface area contributed by atoms with Crippen LogP contribution in [-0.2, 0) is 0 Å². The number of unbranched alkanes of at least 4 members (excludes halogenated alkanes) is 5. The van der Waals surface area contributed by atoms with Crippen molar-refractivity contribution in [3.05, 3.63) is 30.5 Å². The van der Waals surface area contributed by atoms with E-state index in [0.717, 1.165) is 24.2 Å². The monoisotopic (exact) mass is 312 g/mol. The van der Waals surface area contributed by atoms with Crippen LogP contribution in [0.2, 0.25) is 0 Å². The fourth-order valence-electron chi connectivity index (χ4n) is 2.45. The van der Waals surface area contributed by atoms with Crippen molar-refractivity contribution in [1.82, 2.24) is 10.4 Å². The Bertz CT molecular complexity index is 585. The highest BCUT2D eigenvalue weighted by Gasteiger charge is 2.08. The van der Waals surface area contributed by atoms with Crippen molar-refractivity contribution < 1.29 is 9.26 Å². The molecule has 0 saturated heterocycles. The Morgan fingerprint density at radius 3 is 2.52 bits per heavy atom. The van der Waals surface area contributed by atoms with Gasteiger partial charge in [-0.3, -0.25) is 0 Å². The maximum atomic E-state index is 5.87. The van der Waals surface area contributed by atoms with Crippen LogP contribution in [0.25, 0.3) is 11.3 Å². The lowest BCUT2D eigenvalue weighted by atomic mass is 10.1. The van der Waals surface area contributed by atoms with E-state index in [0.29, 0.717) is 5.69 Å². The van der Waals surface area contributed by atoms with Crippen LogP contribution in [0.3, 0.4) is 0 Å². The van der Waals surface area contributed by atoms with E-state index in [-0.39, 0.29) is 6.10 Å². The molecular weight excluding hydrogens is 288 g/mol. The first-order chi connectivity index (χ1) is 11.3. The summed E-state index contributed by atoms with van der Waals surface area (Å²) in [7, 11) is 0. The molecule has 0 N–H and O–H groups in total. The van der Waals surface area contributed by atoms with E-state index in [1.165, 1.54) is 38.4 Å². The summed E-state index contributed by atoms with van der Waals surface area (Å²) in [5.74, 6) is 3.51. The Labute approximate surface area is 138 Å². The zero-order valence-corrected chi connectivity index (χ0v) is 13.7. The highest BCUT2D eigenvalue weighted by molar-refractivity contribution is 5.58. The molecular formula is C19H24N2O2. The van der Waals surface area contributed by atoms with E-state index >= 15 is 0 Å². The summed E-state index contributed by atoms with van der Waals surface area (Å²) < 4.78 is 10.6. The molecule has 4 nitrogen and oxygen atoms in total. The number of rotatable bonds is 10. The summed E-state index contributed by atoms with van der Waals surface area (Å²) in [6.45, 7) is 2.23. The Balaban J connectivity index is 1.76. The van der Waals surface area contributed by atoms with Gasteiger partial charge in [0.2, 0.25) is 0 Å². The molecule has 0 spiro atoms. The predicted molar refractivity (Wildman–Crippen MR) is 91.0 cm³/mol.